The molecule has 1 fully saturated rings. The van der Waals surface area contributed by atoms with Gasteiger partial charge in [0, 0.05) is 0 Å². The smallest absolute Gasteiger partial charge is 0.326 e. The minimum Gasteiger partial charge on any atom is -0.488 e. The van der Waals surface area contributed by atoms with Gasteiger partial charge in [0.15, 0.2) is 0 Å². The van der Waals surface area contributed by atoms with Gasteiger partial charge in [0.05, 0.1) is 4.47 Å². The number of hydrogen-bond acceptors (Lipinski definition) is 3. The van der Waals surface area contributed by atoms with Gasteiger partial charge in [0.1, 0.15) is 23.9 Å². The summed E-state index contributed by atoms with van der Waals surface area (Å²) in [6, 6.07) is 10.8. The van der Waals surface area contributed by atoms with Crippen molar-refractivity contribution in [2.24, 2.45) is 0 Å². The quantitative estimate of drug-likeness (QED) is 0.621. The Kier molecular flexibility index (Phi) is 4.61. The summed E-state index contributed by atoms with van der Waals surface area (Å²) >= 11 is 3.41. The molecule has 0 atom stereocenters. The topological polar surface area (TPSA) is 67.4 Å². The largest absolute Gasteiger partial charge is 0.488 e. The lowest BCUT2D eigenvalue weighted by Gasteiger charge is -2.09. The molecule has 0 saturated carbocycles. The average molecular weight is 391 g/mol. The van der Waals surface area contributed by atoms with Crippen LogP contribution in [0.25, 0.3) is 6.08 Å². The van der Waals surface area contributed by atoms with Gasteiger partial charge < -0.3 is 10.1 Å². The number of imide groups is 1. The first-order valence-electron chi connectivity index (χ1n) is 7.02. The van der Waals surface area contributed by atoms with Crippen molar-refractivity contribution in [3.05, 3.63) is 69.6 Å². The first kappa shape index (κ1) is 16.2. The standard InChI is InChI=1S/C17H12BrFN2O3/c18-13-7-11(8-14-16(22)21-17(23)20-14)3-6-15(13)24-9-10-1-4-12(19)5-2-10/h1-8H,9H2,(H2,20,21,22,23). The van der Waals surface area contributed by atoms with Crippen molar-refractivity contribution in [1.82, 2.24) is 10.6 Å². The van der Waals surface area contributed by atoms with Gasteiger partial charge in [0.25, 0.3) is 5.91 Å². The van der Waals surface area contributed by atoms with Crippen LogP contribution in [0, 0.1) is 5.82 Å². The van der Waals surface area contributed by atoms with Crippen LogP contribution < -0.4 is 15.4 Å². The van der Waals surface area contributed by atoms with Crippen LogP contribution in [0.2, 0.25) is 0 Å². The Morgan fingerprint density at radius 3 is 2.46 bits per heavy atom. The molecule has 0 aliphatic carbocycles. The number of benzene rings is 2. The molecule has 0 bridgehead atoms. The molecule has 1 aliphatic heterocycles. The van der Waals surface area contributed by atoms with Crippen LogP contribution in [0.15, 0.2) is 52.6 Å². The molecule has 0 radical (unpaired) electrons. The van der Waals surface area contributed by atoms with Gasteiger partial charge in [-0.1, -0.05) is 18.2 Å². The number of nitrogens with one attached hydrogen (secondary N) is 2. The number of amides is 3. The predicted molar refractivity (Wildman–Crippen MR) is 89.5 cm³/mol. The molecule has 1 saturated heterocycles. The van der Waals surface area contributed by atoms with Crippen LogP contribution in [-0.4, -0.2) is 11.9 Å². The highest BCUT2D eigenvalue weighted by molar-refractivity contribution is 9.10. The number of carbonyl (C=O) groups excluding carboxylic acids is 2. The van der Waals surface area contributed by atoms with Crippen LogP contribution in [0.3, 0.4) is 0 Å². The van der Waals surface area contributed by atoms with Crippen molar-refractivity contribution in [3.63, 3.8) is 0 Å². The highest BCUT2D eigenvalue weighted by Gasteiger charge is 2.22. The number of ether oxygens (including phenoxy) is 1. The summed E-state index contributed by atoms with van der Waals surface area (Å²) in [4.78, 5) is 22.6. The Balaban J connectivity index is 1.70. The van der Waals surface area contributed by atoms with Gasteiger partial charge in [0.2, 0.25) is 0 Å². The van der Waals surface area contributed by atoms with Crippen molar-refractivity contribution in [3.8, 4) is 5.75 Å². The summed E-state index contributed by atoms with van der Waals surface area (Å²) in [6.07, 6.45) is 1.56. The molecule has 5 nitrogen and oxygen atoms in total. The van der Waals surface area contributed by atoms with E-state index in [0.717, 1.165) is 11.1 Å². The maximum absolute atomic E-state index is 12.9. The van der Waals surface area contributed by atoms with Gasteiger partial charge in [-0.2, -0.15) is 0 Å². The van der Waals surface area contributed by atoms with Crippen LogP contribution in [0.1, 0.15) is 11.1 Å². The predicted octanol–water partition coefficient (Wildman–Crippen LogP) is 3.35. The Bertz CT molecular complexity index is 834. The second-order valence-corrected chi connectivity index (χ2v) is 5.93. The Morgan fingerprint density at radius 1 is 1.08 bits per heavy atom. The van der Waals surface area contributed by atoms with Crippen LogP contribution in [0.5, 0.6) is 5.75 Å². The second-order valence-electron chi connectivity index (χ2n) is 5.07. The highest BCUT2D eigenvalue weighted by Crippen LogP contribution is 2.27. The Morgan fingerprint density at radius 2 is 1.83 bits per heavy atom. The Labute approximate surface area is 145 Å². The van der Waals surface area contributed by atoms with Gasteiger partial charge in [-0.25, -0.2) is 9.18 Å². The average Bonchev–Trinajstić information content (AvgIpc) is 2.86. The third-order valence-electron chi connectivity index (χ3n) is 3.29. The number of urea groups is 1. The number of carbonyl (C=O) groups is 2. The summed E-state index contributed by atoms with van der Waals surface area (Å²) < 4.78 is 19.3. The SMILES string of the molecule is O=C1NC(=O)C(=Cc2ccc(OCc3ccc(F)cc3)c(Br)c2)N1. The molecule has 0 unspecified atom stereocenters. The van der Waals surface area contributed by atoms with Gasteiger partial charge in [-0.05, 0) is 57.4 Å². The van der Waals surface area contributed by atoms with Crippen molar-refractivity contribution in [2.75, 3.05) is 0 Å². The van der Waals surface area contributed by atoms with E-state index in [4.69, 9.17) is 4.74 Å². The molecule has 0 spiro atoms. The fourth-order valence-corrected chi connectivity index (χ4v) is 2.63. The minimum absolute atomic E-state index is 0.187. The number of halogens is 2. The van der Waals surface area contributed by atoms with Crippen LogP contribution in [-0.2, 0) is 11.4 Å². The summed E-state index contributed by atoms with van der Waals surface area (Å²) in [7, 11) is 0. The van der Waals surface area contributed by atoms with Crippen LogP contribution >= 0.6 is 15.9 Å². The van der Waals surface area contributed by atoms with Gasteiger partial charge in [-0.15, -0.1) is 0 Å². The first-order valence-corrected chi connectivity index (χ1v) is 7.81. The van der Waals surface area contributed by atoms with Crippen molar-refractivity contribution < 1.29 is 18.7 Å². The summed E-state index contributed by atoms with van der Waals surface area (Å²) in [5, 5.41) is 4.56. The van der Waals surface area contributed by atoms with E-state index in [0.29, 0.717) is 16.8 Å². The molecule has 1 aliphatic rings. The summed E-state index contributed by atoms with van der Waals surface area (Å²) in [5.41, 5.74) is 1.76. The van der Waals surface area contributed by atoms with E-state index in [1.165, 1.54) is 12.1 Å². The molecular formula is C17H12BrFN2O3. The molecule has 2 aromatic carbocycles. The van der Waals surface area contributed by atoms with Gasteiger partial charge >= 0.3 is 6.03 Å². The minimum atomic E-state index is -0.537. The van der Waals surface area contributed by atoms with Crippen molar-refractivity contribution >= 4 is 33.9 Å². The summed E-state index contributed by atoms with van der Waals surface area (Å²) in [6.45, 7) is 0.303. The Hall–Kier alpha value is -2.67. The molecule has 24 heavy (non-hydrogen) atoms. The number of rotatable bonds is 4. The molecule has 7 heteroatoms. The molecule has 0 aromatic heterocycles. The molecule has 2 N–H and O–H groups in total. The maximum Gasteiger partial charge on any atom is 0.326 e. The van der Waals surface area contributed by atoms with E-state index in [9.17, 15) is 14.0 Å². The fourth-order valence-electron chi connectivity index (χ4n) is 2.11. The van der Waals surface area contributed by atoms with Crippen LogP contribution in [0.4, 0.5) is 9.18 Å². The highest BCUT2D eigenvalue weighted by atomic mass is 79.9. The monoisotopic (exact) mass is 390 g/mol. The summed E-state index contributed by atoms with van der Waals surface area (Å²) in [5.74, 6) is -0.144. The van der Waals surface area contributed by atoms with Crippen molar-refractivity contribution in [2.45, 2.75) is 6.61 Å². The maximum atomic E-state index is 12.9. The molecule has 2 aromatic rings. The van der Waals surface area contributed by atoms with Gasteiger partial charge in [-0.3, -0.25) is 10.1 Å². The normalized spacial score (nSPS) is 15.3. The lowest BCUT2D eigenvalue weighted by atomic mass is 10.2. The van der Waals surface area contributed by atoms with E-state index in [-0.39, 0.29) is 11.5 Å². The zero-order chi connectivity index (χ0) is 17.1. The molecule has 3 amide bonds. The van der Waals surface area contributed by atoms with E-state index < -0.39 is 11.9 Å². The van der Waals surface area contributed by atoms with Crippen molar-refractivity contribution in [1.29, 1.82) is 0 Å². The molecule has 1 heterocycles. The third-order valence-corrected chi connectivity index (χ3v) is 3.91. The van der Waals surface area contributed by atoms with E-state index in [1.807, 2.05) is 0 Å². The zero-order valence-electron chi connectivity index (χ0n) is 12.3. The zero-order valence-corrected chi connectivity index (χ0v) is 13.9. The lowest BCUT2D eigenvalue weighted by molar-refractivity contribution is -0.115. The fraction of sp³-hybridized carbons (Fsp3) is 0.0588. The van der Waals surface area contributed by atoms with E-state index in [2.05, 4.69) is 26.6 Å². The second kappa shape index (κ2) is 6.84. The lowest BCUT2D eigenvalue weighted by Crippen LogP contribution is -2.22. The number of hydrogen-bond donors (Lipinski definition) is 2. The molecule has 3 rings (SSSR count). The molecular weight excluding hydrogens is 379 g/mol. The molecule has 122 valence electrons. The van der Waals surface area contributed by atoms with E-state index >= 15 is 0 Å². The van der Waals surface area contributed by atoms with E-state index in [1.54, 1.807) is 36.4 Å². The third kappa shape index (κ3) is 3.80. The first-order chi connectivity index (χ1) is 11.5.